The molecule has 0 atom stereocenters. The Morgan fingerprint density at radius 1 is 1.28 bits per heavy atom. The summed E-state index contributed by atoms with van der Waals surface area (Å²) in [6.45, 7) is 1.89. The van der Waals surface area contributed by atoms with Crippen LogP contribution in [0.2, 0.25) is 0 Å². The van der Waals surface area contributed by atoms with Crippen LogP contribution in [0.15, 0.2) is 24.3 Å². The fourth-order valence-corrected chi connectivity index (χ4v) is 1.20. The van der Waals surface area contributed by atoms with Crippen molar-refractivity contribution in [2.24, 2.45) is 0 Å². The van der Waals surface area contributed by atoms with Gasteiger partial charge in [0.05, 0.1) is 0 Å². The van der Waals surface area contributed by atoms with Gasteiger partial charge in [-0.25, -0.2) is 4.39 Å². The van der Waals surface area contributed by atoms with Gasteiger partial charge in [0.2, 0.25) is 5.91 Å². The van der Waals surface area contributed by atoms with Gasteiger partial charge in [0.25, 0.3) is 5.91 Å². The summed E-state index contributed by atoms with van der Waals surface area (Å²) in [7, 11) is 0. The van der Waals surface area contributed by atoms with Crippen LogP contribution < -0.4 is 15.4 Å². The quantitative estimate of drug-likeness (QED) is 0.725. The van der Waals surface area contributed by atoms with Crippen molar-refractivity contribution in [1.29, 1.82) is 0 Å². The summed E-state index contributed by atoms with van der Waals surface area (Å²) >= 11 is 0. The minimum atomic E-state index is -0.418. The van der Waals surface area contributed by atoms with Crippen molar-refractivity contribution in [3.63, 3.8) is 0 Å². The zero-order valence-corrected chi connectivity index (χ0v) is 10.0. The molecule has 0 saturated carbocycles. The first kappa shape index (κ1) is 14.0. The molecular weight excluding hydrogens is 239 g/mol. The largest absolute Gasteiger partial charge is 0.484 e. The zero-order valence-electron chi connectivity index (χ0n) is 10.0. The van der Waals surface area contributed by atoms with E-state index in [0.29, 0.717) is 18.8 Å². The molecule has 18 heavy (non-hydrogen) atoms. The van der Waals surface area contributed by atoms with Gasteiger partial charge in [-0.3, -0.25) is 9.59 Å². The third kappa shape index (κ3) is 5.83. The molecule has 0 fully saturated rings. The SMILES string of the molecule is CC(=O)NCCNC(=O)COc1cccc(F)c1. The first-order chi connectivity index (χ1) is 8.58. The Morgan fingerprint density at radius 2 is 2.00 bits per heavy atom. The van der Waals surface area contributed by atoms with Gasteiger partial charge in [0.1, 0.15) is 11.6 Å². The highest BCUT2D eigenvalue weighted by Gasteiger charge is 2.02. The van der Waals surface area contributed by atoms with Crippen LogP contribution in [0, 0.1) is 5.82 Å². The Balaban J connectivity index is 2.19. The average Bonchev–Trinajstić information content (AvgIpc) is 2.32. The third-order valence-corrected chi connectivity index (χ3v) is 1.99. The van der Waals surface area contributed by atoms with E-state index in [1.165, 1.54) is 25.1 Å². The van der Waals surface area contributed by atoms with Gasteiger partial charge < -0.3 is 15.4 Å². The van der Waals surface area contributed by atoms with Gasteiger partial charge in [-0.2, -0.15) is 0 Å². The third-order valence-electron chi connectivity index (χ3n) is 1.99. The van der Waals surface area contributed by atoms with Gasteiger partial charge in [-0.1, -0.05) is 6.07 Å². The number of nitrogens with one attached hydrogen (secondary N) is 2. The van der Waals surface area contributed by atoms with E-state index >= 15 is 0 Å². The maximum Gasteiger partial charge on any atom is 0.258 e. The number of amides is 2. The summed E-state index contributed by atoms with van der Waals surface area (Å²) in [6, 6.07) is 5.55. The number of carbonyl (C=O) groups is 2. The van der Waals surface area contributed by atoms with Crippen LogP contribution in [0.1, 0.15) is 6.92 Å². The Morgan fingerprint density at radius 3 is 2.67 bits per heavy atom. The number of rotatable bonds is 6. The van der Waals surface area contributed by atoms with Crippen LogP contribution in [-0.2, 0) is 9.59 Å². The minimum absolute atomic E-state index is 0.153. The van der Waals surface area contributed by atoms with Gasteiger partial charge >= 0.3 is 0 Å². The van der Waals surface area contributed by atoms with Crippen LogP contribution in [0.5, 0.6) is 5.75 Å². The first-order valence-electron chi connectivity index (χ1n) is 5.47. The number of hydrogen-bond acceptors (Lipinski definition) is 3. The summed E-state index contributed by atoms with van der Waals surface area (Å²) in [5, 5.41) is 5.09. The van der Waals surface area contributed by atoms with E-state index in [1.54, 1.807) is 6.07 Å². The molecule has 1 rings (SSSR count). The number of benzene rings is 1. The van der Waals surface area contributed by atoms with E-state index < -0.39 is 5.82 Å². The molecular formula is C12H15FN2O3. The standard InChI is InChI=1S/C12H15FN2O3/c1-9(16)14-5-6-15-12(17)8-18-11-4-2-3-10(13)7-11/h2-4,7H,5-6,8H2,1H3,(H,14,16)(H,15,17). The van der Waals surface area contributed by atoms with Crippen molar-refractivity contribution in [1.82, 2.24) is 10.6 Å². The predicted octanol–water partition coefficient (Wildman–Crippen LogP) is 0.457. The van der Waals surface area contributed by atoms with Crippen molar-refractivity contribution < 1.29 is 18.7 Å². The Labute approximate surface area is 104 Å². The van der Waals surface area contributed by atoms with Gasteiger partial charge in [-0.15, -0.1) is 0 Å². The molecule has 0 saturated heterocycles. The normalized spacial score (nSPS) is 9.67. The van der Waals surface area contributed by atoms with Crippen LogP contribution in [0.25, 0.3) is 0 Å². The van der Waals surface area contributed by atoms with Crippen molar-refractivity contribution in [2.75, 3.05) is 19.7 Å². The van der Waals surface area contributed by atoms with Crippen LogP contribution >= 0.6 is 0 Å². The van der Waals surface area contributed by atoms with Gasteiger partial charge in [0, 0.05) is 26.1 Å². The molecule has 0 aliphatic rings. The molecule has 1 aromatic carbocycles. The highest BCUT2D eigenvalue weighted by atomic mass is 19.1. The van der Waals surface area contributed by atoms with E-state index in [9.17, 15) is 14.0 Å². The second-order valence-corrected chi connectivity index (χ2v) is 3.58. The van der Waals surface area contributed by atoms with E-state index in [-0.39, 0.29) is 18.4 Å². The molecule has 0 aliphatic carbocycles. The Kier molecular flexibility index (Phi) is 5.63. The molecule has 0 spiro atoms. The topological polar surface area (TPSA) is 67.4 Å². The van der Waals surface area contributed by atoms with E-state index in [1.807, 2.05) is 0 Å². The summed E-state index contributed by atoms with van der Waals surface area (Å²) in [6.07, 6.45) is 0. The molecule has 0 unspecified atom stereocenters. The molecule has 0 bridgehead atoms. The predicted molar refractivity (Wildman–Crippen MR) is 63.6 cm³/mol. The second kappa shape index (κ2) is 7.26. The highest BCUT2D eigenvalue weighted by molar-refractivity contribution is 5.77. The van der Waals surface area contributed by atoms with E-state index in [2.05, 4.69) is 10.6 Å². The molecule has 98 valence electrons. The van der Waals surface area contributed by atoms with Crippen molar-refractivity contribution in [2.45, 2.75) is 6.92 Å². The molecule has 0 aromatic heterocycles. The minimum Gasteiger partial charge on any atom is -0.484 e. The zero-order chi connectivity index (χ0) is 13.4. The molecule has 0 radical (unpaired) electrons. The first-order valence-corrected chi connectivity index (χ1v) is 5.47. The highest BCUT2D eigenvalue weighted by Crippen LogP contribution is 2.11. The van der Waals surface area contributed by atoms with E-state index in [4.69, 9.17) is 4.74 Å². The summed E-state index contributed by atoms with van der Waals surface area (Å²) in [4.78, 5) is 21.9. The maximum absolute atomic E-state index is 12.8. The number of ether oxygens (including phenoxy) is 1. The summed E-state index contributed by atoms with van der Waals surface area (Å²) < 4.78 is 17.9. The molecule has 0 heterocycles. The molecule has 5 nitrogen and oxygen atoms in total. The lowest BCUT2D eigenvalue weighted by molar-refractivity contribution is -0.123. The molecule has 1 aromatic rings. The average molecular weight is 254 g/mol. The summed E-state index contributed by atoms with van der Waals surface area (Å²) in [5.74, 6) is -0.601. The number of carbonyl (C=O) groups excluding carboxylic acids is 2. The van der Waals surface area contributed by atoms with Crippen LogP contribution in [0.4, 0.5) is 4.39 Å². The van der Waals surface area contributed by atoms with Crippen molar-refractivity contribution in [3.8, 4) is 5.75 Å². The van der Waals surface area contributed by atoms with Crippen molar-refractivity contribution >= 4 is 11.8 Å². The monoisotopic (exact) mass is 254 g/mol. The fourth-order valence-electron chi connectivity index (χ4n) is 1.20. The lowest BCUT2D eigenvalue weighted by Crippen LogP contribution is -2.36. The molecule has 6 heteroatoms. The fraction of sp³-hybridized carbons (Fsp3) is 0.333. The lowest BCUT2D eigenvalue weighted by atomic mass is 10.3. The molecule has 2 N–H and O–H groups in total. The number of hydrogen-bond donors (Lipinski definition) is 2. The van der Waals surface area contributed by atoms with Gasteiger partial charge in [-0.05, 0) is 12.1 Å². The van der Waals surface area contributed by atoms with Crippen LogP contribution in [-0.4, -0.2) is 31.5 Å². The smallest absolute Gasteiger partial charge is 0.258 e. The van der Waals surface area contributed by atoms with Crippen molar-refractivity contribution in [3.05, 3.63) is 30.1 Å². The van der Waals surface area contributed by atoms with E-state index in [0.717, 1.165) is 0 Å². The Bertz CT molecular complexity index is 424. The number of halogens is 1. The maximum atomic E-state index is 12.8. The lowest BCUT2D eigenvalue weighted by Gasteiger charge is -2.07. The molecule has 0 aliphatic heterocycles. The molecule has 2 amide bonds. The summed E-state index contributed by atoms with van der Waals surface area (Å²) in [5.41, 5.74) is 0. The van der Waals surface area contributed by atoms with Gasteiger partial charge in [0.15, 0.2) is 6.61 Å². The Hall–Kier alpha value is -2.11. The second-order valence-electron chi connectivity index (χ2n) is 3.58. The van der Waals surface area contributed by atoms with Crippen LogP contribution in [0.3, 0.4) is 0 Å².